The molecule has 1 fully saturated rings. The van der Waals surface area contributed by atoms with E-state index in [9.17, 15) is 0 Å². The quantitative estimate of drug-likeness (QED) is 0.586. The molecule has 10 heavy (non-hydrogen) atoms. The van der Waals surface area contributed by atoms with Gasteiger partial charge in [-0.15, -0.1) is 0 Å². The van der Waals surface area contributed by atoms with E-state index >= 15 is 0 Å². The van der Waals surface area contributed by atoms with Crippen LogP contribution in [0.3, 0.4) is 0 Å². The van der Waals surface area contributed by atoms with Crippen molar-refractivity contribution in [2.45, 2.75) is 34.1 Å². The third-order valence-corrected chi connectivity index (χ3v) is 2.18. The first-order chi connectivity index (χ1) is 4.36. The van der Waals surface area contributed by atoms with Gasteiger partial charge in [0.15, 0.2) is 0 Å². The van der Waals surface area contributed by atoms with Gasteiger partial charge >= 0.3 is 0 Å². The molecule has 0 amide bonds. The first-order valence-electron chi connectivity index (χ1n) is 4.09. The van der Waals surface area contributed by atoms with E-state index in [2.05, 4.69) is 18.7 Å². The van der Waals surface area contributed by atoms with E-state index in [1.165, 1.54) is 32.5 Å². The Morgan fingerprint density at radius 1 is 1.30 bits per heavy atom. The number of likely N-dealkylation sites (tertiary alicyclic amines) is 1. The molecular formula is C9H21N. The molecule has 0 aliphatic carbocycles. The van der Waals surface area contributed by atoms with E-state index in [4.69, 9.17) is 0 Å². The highest BCUT2D eigenvalue weighted by atomic mass is 15.2. The fraction of sp³-hybridized carbons (Fsp3) is 1.00. The Morgan fingerprint density at radius 3 is 2.30 bits per heavy atom. The number of hydrogen-bond donors (Lipinski definition) is 0. The second-order valence-electron chi connectivity index (χ2n) is 3.01. The van der Waals surface area contributed by atoms with Gasteiger partial charge in [0, 0.05) is 13.1 Å². The lowest BCUT2D eigenvalue weighted by atomic mass is 9.95. The lowest BCUT2D eigenvalue weighted by molar-refractivity contribution is 0.101. The Hall–Kier alpha value is -0.0400. The van der Waals surface area contributed by atoms with E-state index in [0.29, 0.717) is 0 Å². The first kappa shape index (κ1) is 9.96. The van der Waals surface area contributed by atoms with Crippen LogP contribution in [-0.2, 0) is 0 Å². The topological polar surface area (TPSA) is 3.24 Å². The van der Waals surface area contributed by atoms with Crippen LogP contribution in [0.4, 0.5) is 0 Å². The van der Waals surface area contributed by atoms with E-state index in [-0.39, 0.29) is 7.43 Å². The maximum Gasteiger partial charge on any atom is 0.00219 e. The molecule has 1 heterocycles. The average Bonchev–Trinajstić information content (AvgIpc) is 1.77. The van der Waals surface area contributed by atoms with E-state index in [1.807, 2.05) is 0 Å². The highest BCUT2D eigenvalue weighted by Gasteiger charge is 2.23. The van der Waals surface area contributed by atoms with Crippen LogP contribution in [0.25, 0.3) is 0 Å². The maximum atomic E-state index is 2.50. The number of rotatable bonds is 3. The molecule has 0 saturated carbocycles. The largest absolute Gasteiger partial charge is 0.303 e. The van der Waals surface area contributed by atoms with Gasteiger partial charge in [-0.25, -0.2) is 0 Å². The summed E-state index contributed by atoms with van der Waals surface area (Å²) in [4.78, 5) is 2.50. The Bertz CT molecular complexity index is 74.8. The second-order valence-corrected chi connectivity index (χ2v) is 3.01. The van der Waals surface area contributed by atoms with Crippen molar-refractivity contribution in [3.05, 3.63) is 0 Å². The normalized spacial score (nSPS) is 19.8. The summed E-state index contributed by atoms with van der Waals surface area (Å²) < 4.78 is 0. The molecular weight excluding hydrogens is 122 g/mol. The number of nitrogens with zero attached hydrogens (tertiary/aromatic N) is 1. The van der Waals surface area contributed by atoms with Crippen molar-refractivity contribution >= 4 is 0 Å². The highest BCUT2D eigenvalue weighted by molar-refractivity contribution is 4.77. The van der Waals surface area contributed by atoms with Gasteiger partial charge in [0.2, 0.25) is 0 Å². The van der Waals surface area contributed by atoms with Crippen LogP contribution in [0.15, 0.2) is 0 Å². The molecule has 0 spiro atoms. The predicted octanol–water partition coefficient (Wildman–Crippen LogP) is 2.37. The molecule has 0 bridgehead atoms. The van der Waals surface area contributed by atoms with Gasteiger partial charge < -0.3 is 4.90 Å². The molecule has 0 atom stereocenters. The summed E-state index contributed by atoms with van der Waals surface area (Å²) in [5.74, 6) is 1.04. The lowest BCUT2D eigenvalue weighted by Gasteiger charge is -2.38. The van der Waals surface area contributed by atoms with Crippen LogP contribution < -0.4 is 0 Å². The second kappa shape index (κ2) is 4.73. The summed E-state index contributed by atoms with van der Waals surface area (Å²) in [5, 5.41) is 0. The fourth-order valence-corrected chi connectivity index (χ4v) is 1.53. The molecule has 1 heteroatoms. The smallest absolute Gasteiger partial charge is 0.00219 e. The molecule has 1 saturated heterocycles. The third kappa shape index (κ3) is 2.30. The van der Waals surface area contributed by atoms with Crippen molar-refractivity contribution in [2.24, 2.45) is 5.92 Å². The number of hydrogen-bond acceptors (Lipinski definition) is 1. The van der Waals surface area contributed by atoms with Crippen LogP contribution in [-0.4, -0.2) is 24.5 Å². The predicted molar refractivity (Wildman–Crippen MR) is 47.2 cm³/mol. The monoisotopic (exact) mass is 143 g/mol. The average molecular weight is 143 g/mol. The molecule has 0 radical (unpaired) electrons. The van der Waals surface area contributed by atoms with Crippen LogP contribution >= 0.6 is 0 Å². The zero-order valence-electron chi connectivity index (χ0n) is 6.56. The van der Waals surface area contributed by atoms with E-state index in [0.717, 1.165) is 5.92 Å². The molecule has 0 aromatic heterocycles. The van der Waals surface area contributed by atoms with Gasteiger partial charge in [-0.1, -0.05) is 27.7 Å². The van der Waals surface area contributed by atoms with Crippen molar-refractivity contribution in [3.63, 3.8) is 0 Å². The summed E-state index contributed by atoms with van der Waals surface area (Å²) in [6.07, 6.45) is 2.80. The van der Waals surface area contributed by atoms with Gasteiger partial charge in [-0.3, -0.25) is 0 Å². The summed E-state index contributed by atoms with van der Waals surface area (Å²) in [5.41, 5.74) is 0. The molecule has 1 rings (SSSR count). The Balaban J connectivity index is 0.000000810. The summed E-state index contributed by atoms with van der Waals surface area (Å²) in [7, 11) is 0. The Kier molecular flexibility index (Phi) is 4.71. The standard InChI is InChI=1S/C8H17N.CH4/c1-3-5-8-6-9(4-2)7-8;/h8H,3-7H2,1-2H3;1H4. The molecule has 0 unspecified atom stereocenters. The highest BCUT2D eigenvalue weighted by Crippen LogP contribution is 2.18. The Morgan fingerprint density at radius 2 is 1.90 bits per heavy atom. The molecule has 0 aromatic carbocycles. The minimum atomic E-state index is 0. The molecule has 1 aliphatic rings. The fourth-order valence-electron chi connectivity index (χ4n) is 1.53. The zero-order chi connectivity index (χ0) is 6.69. The Labute approximate surface area is 65.4 Å². The van der Waals surface area contributed by atoms with E-state index < -0.39 is 0 Å². The van der Waals surface area contributed by atoms with Crippen molar-refractivity contribution in [3.8, 4) is 0 Å². The molecule has 0 aromatic rings. The maximum absolute atomic E-state index is 2.50. The van der Waals surface area contributed by atoms with Gasteiger partial charge in [-0.05, 0) is 18.9 Å². The van der Waals surface area contributed by atoms with Gasteiger partial charge in [-0.2, -0.15) is 0 Å². The van der Waals surface area contributed by atoms with Gasteiger partial charge in [0.1, 0.15) is 0 Å². The van der Waals surface area contributed by atoms with Crippen molar-refractivity contribution < 1.29 is 0 Å². The zero-order valence-corrected chi connectivity index (χ0v) is 6.56. The van der Waals surface area contributed by atoms with E-state index in [1.54, 1.807) is 0 Å². The molecule has 1 aliphatic heterocycles. The molecule has 62 valence electrons. The molecule has 0 N–H and O–H groups in total. The first-order valence-corrected chi connectivity index (χ1v) is 4.09. The summed E-state index contributed by atoms with van der Waals surface area (Å²) >= 11 is 0. The third-order valence-electron chi connectivity index (χ3n) is 2.18. The summed E-state index contributed by atoms with van der Waals surface area (Å²) in [6, 6.07) is 0. The van der Waals surface area contributed by atoms with Crippen molar-refractivity contribution in [1.82, 2.24) is 4.90 Å². The minimum Gasteiger partial charge on any atom is -0.303 e. The van der Waals surface area contributed by atoms with Crippen molar-refractivity contribution in [1.29, 1.82) is 0 Å². The van der Waals surface area contributed by atoms with Gasteiger partial charge in [0.05, 0.1) is 0 Å². The van der Waals surface area contributed by atoms with Gasteiger partial charge in [0.25, 0.3) is 0 Å². The SMILES string of the molecule is C.CCCC1CN(CC)C1. The van der Waals surface area contributed by atoms with Crippen LogP contribution in [0.5, 0.6) is 0 Å². The van der Waals surface area contributed by atoms with Crippen LogP contribution in [0.1, 0.15) is 34.1 Å². The van der Waals surface area contributed by atoms with Crippen LogP contribution in [0, 0.1) is 5.92 Å². The minimum absolute atomic E-state index is 0. The lowest BCUT2D eigenvalue weighted by Crippen LogP contribution is -2.45. The van der Waals surface area contributed by atoms with Crippen LogP contribution in [0.2, 0.25) is 0 Å². The van der Waals surface area contributed by atoms with Crippen molar-refractivity contribution in [2.75, 3.05) is 19.6 Å². The summed E-state index contributed by atoms with van der Waals surface area (Å²) in [6.45, 7) is 8.49. The molecule has 1 nitrogen and oxygen atoms in total.